The average Bonchev–Trinajstić information content (AvgIpc) is 2.68. The summed E-state index contributed by atoms with van der Waals surface area (Å²) in [5.74, 6) is 1.32. The third-order valence-electron chi connectivity index (χ3n) is 5.94. The van der Waals surface area contributed by atoms with Gasteiger partial charge in [-0.2, -0.15) is 18.2 Å². The first-order chi connectivity index (χ1) is 14.5. The molecule has 0 aromatic carbocycles. The standard InChI is InChI=1S/C20H25F3N6O2/c1-10-16-17(28(3)11(2)18(30)29(16)4)27-19(25-10)26-13-6-14(7-13)31-15-5-12(8-24-9-15)20(21,22)23/h5,8-9,11,13-14,18,30H,6-7H2,1-4H3,(H,25,26,27)/t11-,13-,14-,18?/m0/s1. The summed E-state index contributed by atoms with van der Waals surface area (Å²) in [7, 11) is 3.69. The number of aryl methyl sites for hydroxylation is 1. The summed E-state index contributed by atoms with van der Waals surface area (Å²) in [6.45, 7) is 3.79. The number of nitrogens with one attached hydrogen (secondary N) is 1. The highest BCUT2D eigenvalue weighted by atomic mass is 19.4. The van der Waals surface area contributed by atoms with Crippen LogP contribution >= 0.6 is 0 Å². The zero-order chi connectivity index (χ0) is 22.5. The van der Waals surface area contributed by atoms with Gasteiger partial charge in [0.2, 0.25) is 5.95 Å². The maximum Gasteiger partial charge on any atom is 0.418 e. The van der Waals surface area contributed by atoms with Crippen LogP contribution in [-0.4, -0.2) is 58.6 Å². The SMILES string of the molecule is Cc1nc(N[C@H]2C[C@H](Oc3cncc(C(F)(F)F)c3)C2)nc2c1N(C)C(O)[C@H](C)N2C. The number of pyridine rings is 1. The molecular formula is C20H25F3N6O2. The van der Waals surface area contributed by atoms with Gasteiger partial charge in [-0.25, -0.2) is 4.98 Å². The quantitative estimate of drug-likeness (QED) is 0.754. The number of halogens is 3. The first-order valence-corrected chi connectivity index (χ1v) is 10.0. The maximum absolute atomic E-state index is 12.8. The smallest absolute Gasteiger partial charge is 0.418 e. The molecule has 1 aliphatic carbocycles. The second kappa shape index (κ2) is 7.70. The number of anilines is 3. The topological polar surface area (TPSA) is 86.6 Å². The van der Waals surface area contributed by atoms with Gasteiger partial charge < -0.3 is 25.0 Å². The number of rotatable bonds is 4. The monoisotopic (exact) mass is 438 g/mol. The molecule has 31 heavy (non-hydrogen) atoms. The van der Waals surface area contributed by atoms with Crippen LogP contribution in [0.25, 0.3) is 0 Å². The lowest BCUT2D eigenvalue weighted by Gasteiger charge is -2.43. The van der Waals surface area contributed by atoms with Crippen molar-refractivity contribution < 1.29 is 23.0 Å². The molecule has 0 radical (unpaired) electrons. The Morgan fingerprint density at radius 3 is 2.55 bits per heavy atom. The number of aliphatic hydroxyl groups excluding tert-OH is 1. The lowest BCUT2D eigenvalue weighted by molar-refractivity contribution is -0.138. The summed E-state index contributed by atoms with van der Waals surface area (Å²) in [4.78, 5) is 16.5. The van der Waals surface area contributed by atoms with Gasteiger partial charge in [0.05, 0.1) is 23.5 Å². The van der Waals surface area contributed by atoms with Crippen molar-refractivity contribution in [2.45, 2.75) is 57.3 Å². The lowest BCUT2D eigenvalue weighted by Crippen LogP contribution is -2.53. The van der Waals surface area contributed by atoms with Crippen molar-refractivity contribution in [3.05, 3.63) is 29.7 Å². The largest absolute Gasteiger partial charge is 0.489 e. The fourth-order valence-electron chi connectivity index (χ4n) is 3.92. The van der Waals surface area contributed by atoms with E-state index in [1.807, 2.05) is 32.8 Å². The molecule has 1 saturated carbocycles. The number of hydrogen-bond acceptors (Lipinski definition) is 8. The molecule has 2 aromatic heterocycles. The van der Waals surface area contributed by atoms with Crippen molar-refractivity contribution in [3.8, 4) is 5.75 Å². The van der Waals surface area contributed by atoms with E-state index in [1.165, 1.54) is 6.20 Å². The molecule has 0 saturated heterocycles. The number of aliphatic hydroxyl groups is 1. The van der Waals surface area contributed by atoms with E-state index >= 15 is 0 Å². The van der Waals surface area contributed by atoms with Crippen molar-refractivity contribution in [1.82, 2.24) is 15.0 Å². The van der Waals surface area contributed by atoms with E-state index in [4.69, 9.17) is 4.74 Å². The number of ether oxygens (including phenoxy) is 1. The third kappa shape index (κ3) is 4.06. The summed E-state index contributed by atoms with van der Waals surface area (Å²) >= 11 is 0. The Kier molecular flexibility index (Phi) is 5.32. The Labute approximate surface area is 178 Å². The van der Waals surface area contributed by atoms with Crippen LogP contribution in [0.15, 0.2) is 18.5 Å². The fourth-order valence-corrected chi connectivity index (χ4v) is 3.92. The summed E-state index contributed by atoms with van der Waals surface area (Å²) in [6.07, 6.45) is -2.03. The molecule has 0 bridgehead atoms. The van der Waals surface area contributed by atoms with Crippen molar-refractivity contribution in [1.29, 1.82) is 0 Å². The van der Waals surface area contributed by atoms with Gasteiger partial charge in [-0.3, -0.25) is 4.98 Å². The zero-order valence-corrected chi connectivity index (χ0v) is 17.7. The van der Waals surface area contributed by atoms with E-state index in [-0.39, 0.29) is 23.9 Å². The van der Waals surface area contributed by atoms with Crippen molar-refractivity contribution in [2.75, 3.05) is 29.2 Å². The van der Waals surface area contributed by atoms with Crippen LogP contribution in [-0.2, 0) is 6.18 Å². The first kappa shape index (κ1) is 21.4. The normalized spacial score (nSPS) is 25.7. The molecule has 2 aromatic rings. The predicted molar refractivity (Wildman–Crippen MR) is 109 cm³/mol. The van der Waals surface area contributed by atoms with Crippen LogP contribution in [0.2, 0.25) is 0 Å². The summed E-state index contributed by atoms with van der Waals surface area (Å²) in [5.41, 5.74) is 0.700. The molecule has 0 amide bonds. The summed E-state index contributed by atoms with van der Waals surface area (Å²) in [5, 5.41) is 13.7. The highest BCUT2D eigenvalue weighted by Gasteiger charge is 2.36. The van der Waals surface area contributed by atoms with Crippen LogP contribution in [0.5, 0.6) is 5.75 Å². The number of nitrogens with zero attached hydrogens (tertiary/aromatic N) is 5. The molecule has 2 atom stereocenters. The van der Waals surface area contributed by atoms with Crippen LogP contribution in [0.4, 0.5) is 30.6 Å². The number of aromatic nitrogens is 3. The van der Waals surface area contributed by atoms with E-state index in [2.05, 4.69) is 20.3 Å². The summed E-state index contributed by atoms with van der Waals surface area (Å²) in [6, 6.07) is 0.879. The maximum atomic E-state index is 12.8. The second-order valence-electron chi connectivity index (χ2n) is 8.14. The van der Waals surface area contributed by atoms with Gasteiger partial charge >= 0.3 is 6.18 Å². The minimum Gasteiger partial charge on any atom is -0.489 e. The van der Waals surface area contributed by atoms with E-state index < -0.39 is 18.0 Å². The Morgan fingerprint density at radius 1 is 1.16 bits per heavy atom. The van der Waals surface area contributed by atoms with E-state index in [0.29, 0.717) is 18.8 Å². The molecule has 2 N–H and O–H groups in total. The average molecular weight is 438 g/mol. The van der Waals surface area contributed by atoms with Gasteiger partial charge in [0.1, 0.15) is 23.8 Å². The highest BCUT2D eigenvalue weighted by Crippen LogP contribution is 2.38. The minimum absolute atomic E-state index is 0.0517. The Balaban J connectivity index is 1.40. The van der Waals surface area contributed by atoms with Gasteiger partial charge in [-0.15, -0.1) is 0 Å². The number of fused-ring (bicyclic) bond motifs is 1. The Bertz CT molecular complexity index is 966. The van der Waals surface area contributed by atoms with E-state index in [1.54, 1.807) is 4.90 Å². The van der Waals surface area contributed by atoms with Crippen LogP contribution in [0, 0.1) is 6.92 Å². The number of hydrogen-bond donors (Lipinski definition) is 2. The molecule has 168 valence electrons. The second-order valence-corrected chi connectivity index (χ2v) is 8.14. The van der Waals surface area contributed by atoms with Crippen molar-refractivity contribution >= 4 is 17.5 Å². The van der Waals surface area contributed by atoms with Crippen LogP contribution in [0.1, 0.15) is 31.0 Å². The van der Waals surface area contributed by atoms with Crippen LogP contribution in [0.3, 0.4) is 0 Å². The van der Waals surface area contributed by atoms with Gasteiger partial charge in [0, 0.05) is 39.2 Å². The number of alkyl halides is 3. The molecule has 1 unspecified atom stereocenters. The van der Waals surface area contributed by atoms with Gasteiger partial charge in [-0.05, 0) is 19.9 Å². The van der Waals surface area contributed by atoms with Crippen molar-refractivity contribution in [2.24, 2.45) is 0 Å². The molecule has 4 rings (SSSR count). The Hall–Kier alpha value is -2.82. The molecule has 3 heterocycles. The molecule has 1 aliphatic heterocycles. The molecule has 8 nitrogen and oxygen atoms in total. The predicted octanol–water partition coefficient (Wildman–Crippen LogP) is 2.81. The fraction of sp³-hybridized carbons (Fsp3) is 0.550. The molecule has 1 fully saturated rings. The van der Waals surface area contributed by atoms with E-state index in [9.17, 15) is 18.3 Å². The Morgan fingerprint density at radius 2 is 1.87 bits per heavy atom. The van der Waals surface area contributed by atoms with Gasteiger partial charge in [0.15, 0.2) is 5.82 Å². The van der Waals surface area contributed by atoms with Crippen LogP contribution < -0.4 is 19.9 Å². The lowest BCUT2D eigenvalue weighted by atomic mass is 9.89. The molecule has 2 aliphatic rings. The molecular weight excluding hydrogens is 413 g/mol. The van der Waals surface area contributed by atoms with Gasteiger partial charge in [-0.1, -0.05) is 0 Å². The van der Waals surface area contributed by atoms with E-state index in [0.717, 1.165) is 29.5 Å². The van der Waals surface area contributed by atoms with Crippen molar-refractivity contribution in [3.63, 3.8) is 0 Å². The highest BCUT2D eigenvalue weighted by molar-refractivity contribution is 5.73. The number of likely N-dealkylation sites (N-methyl/N-ethyl adjacent to an activating group) is 2. The zero-order valence-electron chi connectivity index (χ0n) is 17.7. The van der Waals surface area contributed by atoms with Gasteiger partial charge in [0.25, 0.3) is 0 Å². The molecule has 11 heteroatoms. The summed E-state index contributed by atoms with van der Waals surface area (Å²) < 4.78 is 44.1. The minimum atomic E-state index is -4.45. The third-order valence-corrected chi connectivity index (χ3v) is 5.94. The molecule has 0 spiro atoms. The first-order valence-electron chi connectivity index (χ1n) is 10.0.